The van der Waals surface area contributed by atoms with E-state index >= 15 is 0 Å². The molecule has 0 bridgehead atoms. The quantitative estimate of drug-likeness (QED) is 0.806. The number of methoxy groups -OCH3 is 3. The summed E-state index contributed by atoms with van der Waals surface area (Å²) >= 11 is 0. The maximum Gasteiger partial charge on any atom is 0.339 e. The van der Waals surface area contributed by atoms with E-state index in [2.05, 4.69) is 4.74 Å². The summed E-state index contributed by atoms with van der Waals surface area (Å²) in [4.78, 5) is 11.4. The van der Waals surface area contributed by atoms with Gasteiger partial charge in [0.05, 0.1) is 21.3 Å². The number of rotatable bonds is 5. The highest BCUT2D eigenvalue weighted by Crippen LogP contribution is 2.36. The molecule has 0 saturated carbocycles. The minimum atomic E-state index is -1.32. The van der Waals surface area contributed by atoms with Crippen LogP contribution >= 0.6 is 0 Å². The van der Waals surface area contributed by atoms with Crippen molar-refractivity contribution >= 4 is 5.97 Å². The molecule has 1 unspecified atom stereocenters. The van der Waals surface area contributed by atoms with Crippen molar-refractivity contribution in [3.63, 3.8) is 0 Å². The van der Waals surface area contributed by atoms with Crippen molar-refractivity contribution in [2.45, 2.75) is 19.4 Å². The van der Waals surface area contributed by atoms with Crippen LogP contribution < -0.4 is 9.47 Å². The second-order valence-corrected chi connectivity index (χ2v) is 3.65. The van der Waals surface area contributed by atoms with E-state index in [9.17, 15) is 9.90 Å². The highest BCUT2D eigenvalue weighted by atomic mass is 16.5. The Morgan fingerprint density at radius 1 is 1.28 bits per heavy atom. The van der Waals surface area contributed by atoms with Crippen molar-refractivity contribution in [3.05, 3.63) is 23.3 Å². The Labute approximate surface area is 106 Å². The zero-order valence-electron chi connectivity index (χ0n) is 11.0. The molecule has 0 saturated heterocycles. The first-order valence-electron chi connectivity index (χ1n) is 5.60. The van der Waals surface area contributed by atoms with Crippen molar-refractivity contribution < 1.29 is 24.1 Å². The van der Waals surface area contributed by atoms with Gasteiger partial charge in [0.15, 0.2) is 17.6 Å². The molecule has 1 aromatic rings. The van der Waals surface area contributed by atoms with Gasteiger partial charge >= 0.3 is 5.97 Å². The summed E-state index contributed by atoms with van der Waals surface area (Å²) in [6, 6.07) is 3.29. The third-order valence-corrected chi connectivity index (χ3v) is 2.76. The molecule has 1 aromatic carbocycles. The van der Waals surface area contributed by atoms with Gasteiger partial charge in [0, 0.05) is 5.56 Å². The predicted octanol–water partition coefficient (Wildman–Crippen LogP) is 1.47. The van der Waals surface area contributed by atoms with E-state index in [0.717, 1.165) is 5.56 Å². The van der Waals surface area contributed by atoms with Gasteiger partial charge in [-0.1, -0.05) is 13.0 Å². The fourth-order valence-corrected chi connectivity index (χ4v) is 1.87. The number of aliphatic hydroxyl groups excluding tert-OH is 1. The Morgan fingerprint density at radius 3 is 2.39 bits per heavy atom. The van der Waals surface area contributed by atoms with Crippen molar-refractivity contribution in [1.82, 2.24) is 0 Å². The Kier molecular flexibility index (Phi) is 4.97. The van der Waals surface area contributed by atoms with Crippen LogP contribution in [0.2, 0.25) is 0 Å². The summed E-state index contributed by atoms with van der Waals surface area (Å²) in [6.45, 7) is 1.91. The second kappa shape index (κ2) is 6.26. The van der Waals surface area contributed by atoms with Crippen LogP contribution in [-0.4, -0.2) is 32.4 Å². The number of ether oxygens (including phenoxy) is 3. The monoisotopic (exact) mass is 254 g/mol. The van der Waals surface area contributed by atoms with Crippen molar-refractivity contribution in [3.8, 4) is 11.5 Å². The van der Waals surface area contributed by atoms with Crippen LogP contribution in [-0.2, 0) is 16.0 Å². The lowest BCUT2D eigenvalue weighted by Gasteiger charge is -2.18. The summed E-state index contributed by atoms with van der Waals surface area (Å²) in [7, 11) is 4.29. The predicted molar refractivity (Wildman–Crippen MR) is 65.9 cm³/mol. The molecule has 0 fully saturated rings. The number of hydrogen-bond donors (Lipinski definition) is 1. The molecule has 1 rings (SSSR count). The summed E-state index contributed by atoms with van der Waals surface area (Å²) in [6.07, 6.45) is -0.714. The SMILES string of the molecule is CCc1c(C(O)C(=O)OC)ccc(OC)c1OC. The molecule has 0 amide bonds. The van der Waals surface area contributed by atoms with Gasteiger partial charge in [0.1, 0.15) is 0 Å². The van der Waals surface area contributed by atoms with Crippen molar-refractivity contribution in [2.75, 3.05) is 21.3 Å². The Morgan fingerprint density at radius 2 is 1.94 bits per heavy atom. The molecular weight excluding hydrogens is 236 g/mol. The Hall–Kier alpha value is -1.75. The molecule has 0 spiro atoms. The molecule has 1 atom stereocenters. The first kappa shape index (κ1) is 14.3. The summed E-state index contributed by atoms with van der Waals surface area (Å²) in [5, 5.41) is 9.91. The molecule has 1 N–H and O–H groups in total. The van der Waals surface area contributed by atoms with Crippen LogP contribution in [0.15, 0.2) is 12.1 Å². The van der Waals surface area contributed by atoms with E-state index in [-0.39, 0.29) is 0 Å². The lowest BCUT2D eigenvalue weighted by atomic mass is 9.98. The largest absolute Gasteiger partial charge is 0.493 e. The molecule has 100 valence electrons. The molecule has 5 nitrogen and oxygen atoms in total. The highest BCUT2D eigenvalue weighted by molar-refractivity contribution is 5.77. The molecule has 0 aliphatic rings. The van der Waals surface area contributed by atoms with E-state index in [1.54, 1.807) is 12.1 Å². The summed E-state index contributed by atoms with van der Waals surface area (Å²) in [5.74, 6) is 0.396. The maximum absolute atomic E-state index is 11.4. The Bertz CT molecular complexity index is 428. The summed E-state index contributed by atoms with van der Waals surface area (Å²) in [5.41, 5.74) is 1.21. The number of aliphatic hydroxyl groups is 1. The Balaban J connectivity index is 3.33. The van der Waals surface area contributed by atoms with Crippen molar-refractivity contribution in [2.24, 2.45) is 0 Å². The maximum atomic E-state index is 11.4. The molecule has 0 aliphatic heterocycles. The smallest absolute Gasteiger partial charge is 0.339 e. The normalized spacial score (nSPS) is 11.8. The van der Waals surface area contributed by atoms with Crippen LogP contribution in [0.5, 0.6) is 11.5 Å². The van der Waals surface area contributed by atoms with E-state index in [1.165, 1.54) is 21.3 Å². The second-order valence-electron chi connectivity index (χ2n) is 3.65. The molecule has 0 aromatic heterocycles. The third kappa shape index (κ3) is 2.56. The number of esters is 1. The van der Waals surface area contributed by atoms with Gasteiger partial charge in [-0.15, -0.1) is 0 Å². The fourth-order valence-electron chi connectivity index (χ4n) is 1.87. The minimum Gasteiger partial charge on any atom is -0.493 e. The zero-order valence-corrected chi connectivity index (χ0v) is 11.0. The van der Waals surface area contributed by atoms with Crippen LogP contribution in [0.4, 0.5) is 0 Å². The van der Waals surface area contributed by atoms with Gasteiger partial charge in [0.2, 0.25) is 0 Å². The van der Waals surface area contributed by atoms with Gasteiger partial charge in [0.25, 0.3) is 0 Å². The third-order valence-electron chi connectivity index (χ3n) is 2.76. The first-order valence-corrected chi connectivity index (χ1v) is 5.60. The fraction of sp³-hybridized carbons (Fsp3) is 0.462. The van der Waals surface area contributed by atoms with Gasteiger partial charge < -0.3 is 19.3 Å². The van der Waals surface area contributed by atoms with Gasteiger partial charge in [-0.25, -0.2) is 4.79 Å². The number of hydrogen-bond acceptors (Lipinski definition) is 5. The highest BCUT2D eigenvalue weighted by Gasteiger charge is 2.24. The minimum absolute atomic E-state index is 0.474. The van der Waals surface area contributed by atoms with Crippen LogP contribution in [0.25, 0.3) is 0 Å². The molecule has 0 heterocycles. The number of benzene rings is 1. The average Bonchev–Trinajstić information content (AvgIpc) is 2.43. The first-order chi connectivity index (χ1) is 8.60. The molecule has 0 aliphatic carbocycles. The van der Waals surface area contributed by atoms with Crippen LogP contribution in [0, 0.1) is 0 Å². The van der Waals surface area contributed by atoms with E-state index < -0.39 is 12.1 Å². The van der Waals surface area contributed by atoms with Crippen LogP contribution in [0.3, 0.4) is 0 Å². The van der Waals surface area contributed by atoms with Gasteiger partial charge in [-0.3, -0.25) is 0 Å². The lowest BCUT2D eigenvalue weighted by molar-refractivity contribution is -0.150. The number of carbonyl (C=O) groups excluding carboxylic acids is 1. The lowest BCUT2D eigenvalue weighted by Crippen LogP contribution is -2.15. The molecule has 18 heavy (non-hydrogen) atoms. The zero-order chi connectivity index (χ0) is 13.7. The molecule has 0 radical (unpaired) electrons. The van der Waals surface area contributed by atoms with Crippen LogP contribution in [0.1, 0.15) is 24.2 Å². The summed E-state index contributed by atoms with van der Waals surface area (Å²) < 4.78 is 15.0. The van der Waals surface area contributed by atoms with Gasteiger partial charge in [-0.2, -0.15) is 0 Å². The van der Waals surface area contributed by atoms with E-state index in [4.69, 9.17) is 9.47 Å². The van der Waals surface area contributed by atoms with E-state index in [0.29, 0.717) is 23.5 Å². The van der Waals surface area contributed by atoms with E-state index in [1.807, 2.05) is 6.92 Å². The topological polar surface area (TPSA) is 65.0 Å². The average molecular weight is 254 g/mol. The molecule has 5 heteroatoms. The number of carbonyl (C=O) groups is 1. The van der Waals surface area contributed by atoms with Gasteiger partial charge in [-0.05, 0) is 18.1 Å². The standard InChI is InChI=1S/C13H18O5/c1-5-8-9(11(14)13(15)18-4)6-7-10(16-2)12(8)17-3/h6-7,11,14H,5H2,1-4H3. The molecular formula is C13H18O5. The van der Waals surface area contributed by atoms with Crippen molar-refractivity contribution in [1.29, 1.82) is 0 Å².